The number of carbonyl (C=O) groups excluding carboxylic acids is 6. The van der Waals surface area contributed by atoms with Gasteiger partial charge in [-0.3, -0.25) is 38.6 Å². The number of ether oxygens (including phenoxy) is 1. The molecule has 2 aromatic carbocycles. The highest BCUT2D eigenvalue weighted by molar-refractivity contribution is 6.23. The third kappa shape index (κ3) is 5.01. The van der Waals surface area contributed by atoms with Crippen molar-refractivity contribution in [3.63, 3.8) is 0 Å². The number of rotatable bonds is 10. The lowest BCUT2D eigenvalue weighted by atomic mass is 10.1. The number of carboxylic acid groups (broad SMARTS) is 2. The maximum atomic E-state index is 12.6. The standard InChI is InChI=1S/C26H20N2O11/c29-19(11-9-17(25(35)36)27-21(31)13-5-1-2-6-14(13)22(27)32)39-20(30)12-10-18(26(37)38)28-23(33)15-7-3-4-8-16(15)24(28)34/h1-8,17-18H,9-12H2,(H,35,36)(H,37,38). The predicted octanol–water partition coefficient (Wildman–Crippen LogP) is 1.12. The lowest BCUT2D eigenvalue weighted by Gasteiger charge is -2.22. The molecule has 2 aromatic rings. The SMILES string of the molecule is O=C(CCC(C(=O)O)N1C(=O)c2ccccc2C1=O)OC(=O)CCC(C(=O)O)N1C(=O)c2ccccc2C1=O. The first-order valence-corrected chi connectivity index (χ1v) is 11.7. The van der Waals surface area contributed by atoms with Crippen LogP contribution in [0.2, 0.25) is 0 Å². The maximum Gasteiger partial charge on any atom is 0.326 e. The summed E-state index contributed by atoms with van der Waals surface area (Å²) in [5.41, 5.74) is 0.102. The Balaban J connectivity index is 1.33. The predicted molar refractivity (Wildman–Crippen MR) is 126 cm³/mol. The zero-order chi connectivity index (χ0) is 28.4. The van der Waals surface area contributed by atoms with Crippen LogP contribution in [0.25, 0.3) is 0 Å². The molecule has 39 heavy (non-hydrogen) atoms. The molecule has 2 aliphatic rings. The number of benzene rings is 2. The number of amides is 4. The van der Waals surface area contributed by atoms with E-state index in [1.807, 2.05) is 0 Å². The second-order valence-electron chi connectivity index (χ2n) is 8.68. The maximum absolute atomic E-state index is 12.6. The summed E-state index contributed by atoms with van der Waals surface area (Å²) >= 11 is 0. The van der Waals surface area contributed by atoms with E-state index in [2.05, 4.69) is 4.74 Å². The van der Waals surface area contributed by atoms with E-state index in [0.29, 0.717) is 9.80 Å². The number of hydrogen-bond acceptors (Lipinski definition) is 9. The zero-order valence-electron chi connectivity index (χ0n) is 20.1. The number of esters is 2. The number of imide groups is 2. The Hall–Kier alpha value is -5.20. The number of nitrogens with zero attached hydrogens (tertiary/aromatic N) is 2. The number of carbonyl (C=O) groups is 8. The molecule has 0 radical (unpaired) electrons. The Morgan fingerprint density at radius 1 is 0.590 bits per heavy atom. The van der Waals surface area contributed by atoms with Crippen LogP contribution in [0.1, 0.15) is 67.1 Å². The Morgan fingerprint density at radius 3 is 1.13 bits per heavy atom. The molecular weight excluding hydrogens is 516 g/mol. The van der Waals surface area contributed by atoms with Gasteiger partial charge in [0.05, 0.1) is 22.3 Å². The highest BCUT2D eigenvalue weighted by Gasteiger charge is 2.44. The van der Waals surface area contributed by atoms with E-state index in [-0.39, 0.29) is 22.3 Å². The topological polar surface area (TPSA) is 193 Å². The van der Waals surface area contributed by atoms with Gasteiger partial charge in [-0.2, -0.15) is 0 Å². The third-order valence-electron chi connectivity index (χ3n) is 6.32. The lowest BCUT2D eigenvalue weighted by Crippen LogP contribution is -2.45. The van der Waals surface area contributed by atoms with Crippen molar-refractivity contribution in [2.45, 2.75) is 37.8 Å². The summed E-state index contributed by atoms with van der Waals surface area (Å²) in [7, 11) is 0. The summed E-state index contributed by atoms with van der Waals surface area (Å²) < 4.78 is 4.63. The van der Waals surface area contributed by atoms with Crippen molar-refractivity contribution >= 4 is 47.5 Å². The monoisotopic (exact) mass is 536 g/mol. The summed E-state index contributed by atoms with van der Waals surface area (Å²) in [6, 6.07) is 8.11. The van der Waals surface area contributed by atoms with E-state index in [0.717, 1.165) is 0 Å². The van der Waals surface area contributed by atoms with Gasteiger partial charge in [-0.1, -0.05) is 24.3 Å². The second-order valence-corrected chi connectivity index (χ2v) is 8.68. The van der Waals surface area contributed by atoms with Gasteiger partial charge in [0.1, 0.15) is 12.1 Å². The Kier molecular flexibility index (Phi) is 7.33. The van der Waals surface area contributed by atoms with Gasteiger partial charge in [0.2, 0.25) is 0 Å². The summed E-state index contributed by atoms with van der Waals surface area (Å²) in [6.07, 6.45) is -2.40. The molecule has 13 nitrogen and oxygen atoms in total. The molecule has 0 bridgehead atoms. The number of carboxylic acids is 2. The summed E-state index contributed by atoms with van der Waals surface area (Å²) in [6.45, 7) is 0. The largest absolute Gasteiger partial charge is 0.480 e. The fourth-order valence-corrected chi connectivity index (χ4v) is 4.45. The van der Waals surface area contributed by atoms with E-state index in [1.54, 1.807) is 0 Å². The summed E-state index contributed by atoms with van der Waals surface area (Å²) in [5.74, 6) is -8.77. The quantitative estimate of drug-likeness (QED) is 0.251. The van der Waals surface area contributed by atoms with Crippen LogP contribution in [0, 0.1) is 0 Å². The highest BCUT2D eigenvalue weighted by atomic mass is 16.6. The van der Waals surface area contributed by atoms with Gasteiger partial charge in [0.25, 0.3) is 23.6 Å². The van der Waals surface area contributed by atoms with Crippen molar-refractivity contribution in [2.75, 3.05) is 0 Å². The van der Waals surface area contributed by atoms with Gasteiger partial charge < -0.3 is 14.9 Å². The Labute approximate surface area is 219 Å². The minimum Gasteiger partial charge on any atom is -0.480 e. The minimum atomic E-state index is -1.70. The van der Waals surface area contributed by atoms with Crippen LogP contribution in [0.5, 0.6) is 0 Å². The van der Waals surface area contributed by atoms with Gasteiger partial charge in [0, 0.05) is 12.8 Å². The summed E-state index contributed by atoms with van der Waals surface area (Å²) in [4.78, 5) is 99.4. The number of aliphatic carboxylic acids is 2. The van der Waals surface area contributed by atoms with Gasteiger partial charge in [0.15, 0.2) is 0 Å². The second kappa shape index (κ2) is 10.7. The molecule has 2 unspecified atom stereocenters. The molecule has 0 aliphatic carbocycles. The van der Waals surface area contributed by atoms with E-state index in [9.17, 15) is 48.6 Å². The smallest absolute Gasteiger partial charge is 0.326 e. The number of fused-ring (bicyclic) bond motifs is 2. The van der Waals surface area contributed by atoms with E-state index >= 15 is 0 Å². The molecule has 0 saturated carbocycles. The molecular formula is C26H20N2O11. The van der Waals surface area contributed by atoms with Crippen LogP contribution in [-0.2, 0) is 23.9 Å². The van der Waals surface area contributed by atoms with Crippen molar-refractivity contribution in [2.24, 2.45) is 0 Å². The van der Waals surface area contributed by atoms with Gasteiger partial charge in [-0.05, 0) is 37.1 Å². The van der Waals surface area contributed by atoms with Crippen LogP contribution in [0.3, 0.4) is 0 Å². The van der Waals surface area contributed by atoms with E-state index in [4.69, 9.17) is 0 Å². The first-order chi connectivity index (χ1) is 18.5. The van der Waals surface area contributed by atoms with Crippen LogP contribution in [-0.4, -0.2) is 79.6 Å². The molecule has 2 aliphatic heterocycles. The van der Waals surface area contributed by atoms with Crippen LogP contribution >= 0.6 is 0 Å². The molecule has 0 fully saturated rings. The number of hydrogen-bond donors (Lipinski definition) is 2. The average Bonchev–Trinajstić information content (AvgIpc) is 3.30. The van der Waals surface area contributed by atoms with Crippen molar-refractivity contribution in [3.8, 4) is 0 Å². The van der Waals surface area contributed by atoms with Crippen LogP contribution < -0.4 is 0 Å². The molecule has 200 valence electrons. The van der Waals surface area contributed by atoms with E-state index < -0.39 is 85.3 Å². The molecule has 2 N–H and O–H groups in total. The van der Waals surface area contributed by atoms with Gasteiger partial charge >= 0.3 is 23.9 Å². The molecule has 2 heterocycles. The molecule has 0 aromatic heterocycles. The molecule has 4 rings (SSSR count). The molecule has 0 saturated heterocycles. The first kappa shape index (κ1) is 26.9. The van der Waals surface area contributed by atoms with Crippen molar-refractivity contribution < 1.29 is 53.3 Å². The lowest BCUT2D eigenvalue weighted by molar-refractivity contribution is -0.160. The van der Waals surface area contributed by atoms with Crippen LogP contribution in [0.4, 0.5) is 0 Å². The fraction of sp³-hybridized carbons (Fsp3) is 0.231. The third-order valence-corrected chi connectivity index (χ3v) is 6.32. The first-order valence-electron chi connectivity index (χ1n) is 11.7. The molecule has 2 atom stereocenters. The van der Waals surface area contributed by atoms with Crippen molar-refractivity contribution in [1.82, 2.24) is 9.80 Å². The molecule has 0 spiro atoms. The molecule has 4 amide bonds. The van der Waals surface area contributed by atoms with E-state index in [1.165, 1.54) is 48.5 Å². The highest BCUT2D eigenvalue weighted by Crippen LogP contribution is 2.27. The van der Waals surface area contributed by atoms with Gasteiger partial charge in [-0.25, -0.2) is 9.59 Å². The Morgan fingerprint density at radius 2 is 0.872 bits per heavy atom. The van der Waals surface area contributed by atoms with Crippen LogP contribution in [0.15, 0.2) is 48.5 Å². The average molecular weight is 536 g/mol. The van der Waals surface area contributed by atoms with Crippen molar-refractivity contribution in [3.05, 3.63) is 70.8 Å². The Bertz CT molecular complexity index is 1270. The molecule has 13 heteroatoms. The fourth-order valence-electron chi connectivity index (χ4n) is 4.45. The minimum absolute atomic E-state index is 0.0255. The van der Waals surface area contributed by atoms with Crippen molar-refractivity contribution in [1.29, 1.82) is 0 Å². The zero-order valence-corrected chi connectivity index (χ0v) is 20.1. The van der Waals surface area contributed by atoms with Gasteiger partial charge in [-0.15, -0.1) is 0 Å². The summed E-state index contributed by atoms with van der Waals surface area (Å²) in [5, 5.41) is 19.1. The normalized spacial score (nSPS) is 15.6.